The molecule has 0 saturated carbocycles. The van der Waals surface area contributed by atoms with Gasteiger partial charge >= 0.3 is 0 Å². The van der Waals surface area contributed by atoms with E-state index in [0.29, 0.717) is 11.8 Å². The van der Waals surface area contributed by atoms with E-state index in [-0.39, 0.29) is 0 Å². The molecule has 250 valence electrons. The zero-order valence-corrected chi connectivity index (χ0v) is 30.3. The summed E-state index contributed by atoms with van der Waals surface area (Å²) in [6, 6.07) is 53.6. The first-order chi connectivity index (χ1) is 24.4. The molecule has 50 heavy (non-hydrogen) atoms. The van der Waals surface area contributed by atoms with Crippen molar-refractivity contribution in [2.24, 2.45) is 0 Å². The van der Waals surface area contributed by atoms with Crippen LogP contribution in [0, 0.1) is 13.8 Å². The third-order valence-electron chi connectivity index (χ3n) is 10.6. The van der Waals surface area contributed by atoms with E-state index in [1.807, 2.05) is 0 Å². The van der Waals surface area contributed by atoms with E-state index >= 15 is 0 Å². The minimum absolute atomic E-state index is 0.398. The Morgan fingerprint density at radius 2 is 0.720 bits per heavy atom. The van der Waals surface area contributed by atoms with Crippen molar-refractivity contribution in [1.29, 1.82) is 0 Å². The number of rotatable bonds is 10. The molecule has 2 atom stereocenters. The van der Waals surface area contributed by atoms with Crippen molar-refractivity contribution in [2.45, 2.75) is 66.2 Å². The molecule has 0 amide bonds. The van der Waals surface area contributed by atoms with Crippen LogP contribution < -0.4 is 9.80 Å². The van der Waals surface area contributed by atoms with Crippen LogP contribution in [0.5, 0.6) is 0 Å². The van der Waals surface area contributed by atoms with Gasteiger partial charge in [-0.3, -0.25) is 0 Å². The largest absolute Gasteiger partial charge is 0.309 e. The number of benzene rings is 7. The predicted octanol–water partition coefficient (Wildman–Crippen LogP) is 14.6. The zero-order chi connectivity index (χ0) is 34.8. The number of para-hydroxylation sites is 4. The lowest BCUT2D eigenvalue weighted by Gasteiger charge is -2.36. The fraction of sp³-hybridized carbons (Fsp3) is 0.208. The van der Waals surface area contributed by atoms with Gasteiger partial charge in [0.25, 0.3) is 0 Å². The van der Waals surface area contributed by atoms with Gasteiger partial charge in [-0.05, 0) is 85.0 Å². The molecule has 7 aromatic rings. The molecule has 7 aromatic carbocycles. The zero-order valence-electron chi connectivity index (χ0n) is 30.3. The van der Waals surface area contributed by atoms with Gasteiger partial charge in [0.2, 0.25) is 0 Å². The second kappa shape index (κ2) is 14.3. The normalized spacial score (nSPS) is 12.6. The van der Waals surface area contributed by atoms with Gasteiger partial charge in [-0.1, -0.05) is 149 Å². The van der Waals surface area contributed by atoms with Crippen LogP contribution in [-0.4, -0.2) is 0 Å². The van der Waals surface area contributed by atoms with Gasteiger partial charge in [-0.2, -0.15) is 0 Å². The number of hydrogen-bond acceptors (Lipinski definition) is 2. The summed E-state index contributed by atoms with van der Waals surface area (Å²) in [6.45, 7) is 13.8. The Morgan fingerprint density at radius 3 is 1.10 bits per heavy atom. The average Bonchev–Trinajstić information content (AvgIpc) is 3.16. The van der Waals surface area contributed by atoms with Crippen LogP contribution in [0.2, 0.25) is 0 Å². The topological polar surface area (TPSA) is 6.48 Å². The fourth-order valence-electron chi connectivity index (χ4n) is 7.69. The third kappa shape index (κ3) is 5.83. The molecule has 0 aliphatic carbocycles. The lowest BCUT2D eigenvalue weighted by molar-refractivity contribution is 0.711. The summed E-state index contributed by atoms with van der Waals surface area (Å²) >= 11 is 0. The van der Waals surface area contributed by atoms with Crippen LogP contribution in [0.1, 0.15) is 74.6 Å². The van der Waals surface area contributed by atoms with Crippen molar-refractivity contribution in [3.63, 3.8) is 0 Å². The molecular formula is C48H48N2. The molecule has 0 N–H and O–H groups in total. The molecule has 0 spiro atoms. The van der Waals surface area contributed by atoms with Crippen LogP contribution >= 0.6 is 0 Å². The van der Waals surface area contributed by atoms with Crippen LogP contribution in [0.25, 0.3) is 21.5 Å². The van der Waals surface area contributed by atoms with Crippen molar-refractivity contribution in [3.8, 4) is 0 Å². The van der Waals surface area contributed by atoms with Crippen molar-refractivity contribution >= 4 is 55.7 Å². The Kier molecular flexibility index (Phi) is 9.46. The summed E-state index contributed by atoms with van der Waals surface area (Å²) in [5.41, 5.74) is 12.6. The van der Waals surface area contributed by atoms with Gasteiger partial charge in [0, 0.05) is 32.9 Å². The molecule has 7 rings (SSSR count). The van der Waals surface area contributed by atoms with Crippen LogP contribution in [-0.2, 0) is 0 Å². The first-order valence-corrected chi connectivity index (χ1v) is 18.3. The van der Waals surface area contributed by atoms with E-state index in [2.05, 4.69) is 197 Å². The summed E-state index contributed by atoms with van der Waals surface area (Å²) in [7, 11) is 0. The van der Waals surface area contributed by atoms with E-state index in [1.54, 1.807) is 0 Å². The van der Waals surface area contributed by atoms with Gasteiger partial charge in [0.15, 0.2) is 0 Å². The Labute approximate surface area is 298 Å². The quantitative estimate of drug-likeness (QED) is 0.107. The van der Waals surface area contributed by atoms with E-state index in [0.717, 1.165) is 18.5 Å². The van der Waals surface area contributed by atoms with Crippen LogP contribution in [0.4, 0.5) is 34.1 Å². The summed E-state index contributed by atoms with van der Waals surface area (Å²) < 4.78 is 0. The highest BCUT2D eigenvalue weighted by Crippen LogP contribution is 2.53. The number of fused-ring (bicyclic) bond motifs is 2. The predicted molar refractivity (Wildman–Crippen MR) is 218 cm³/mol. The summed E-state index contributed by atoms with van der Waals surface area (Å²) in [4.78, 5) is 5.10. The molecule has 0 aliphatic rings. The Balaban J connectivity index is 1.67. The number of aryl methyl sites for hydroxylation is 2. The van der Waals surface area contributed by atoms with Gasteiger partial charge in [0.05, 0.1) is 22.7 Å². The van der Waals surface area contributed by atoms with E-state index < -0.39 is 0 Å². The second-order valence-corrected chi connectivity index (χ2v) is 13.8. The highest BCUT2D eigenvalue weighted by atomic mass is 15.2. The lowest BCUT2D eigenvalue weighted by atomic mass is 9.87. The molecule has 0 aromatic heterocycles. The van der Waals surface area contributed by atoms with Gasteiger partial charge in [0.1, 0.15) is 0 Å². The number of hydrogen-bond donors (Lipinski definition) is 0. The Morgan fingerprint density at radius 1 is 0.380 bits per heavy atom. The number of anilines is 6. The minimum Gasteiger partial charge on any atom is -0.309 e. The van der Waals surface area contributed by atoms with Crippen LogP contribution in [0.15, 0.2) is 146 Å². The SMILES string of the molecule is CCC(C)c1cccc(C(C)CC)c1N(c1ccccc1)c1c2ccccc2c(N(c2ccccc2)c2c(C)cccc2C)c2ccccc12. The Bertz CT molecular complexity index is 2150. The van der Waals surface area contributed by atoms with Gasteiger partial charge < -0.3 is 9.80 Å². The van der Waals surface area contributed by atoms with Crippen LogP contribution in [0.3, 0.4) is 0 Å². The summed E-state index contributed by atoms with van der Waals surface area (Å²) in [5, 5.41) is 4.90. The maximum absolute atomic E-state index is 2.60. The summed E-state index contributed by atoms with van der Waals surface area (Å²) in [6.07, 6.45) is 2.14. The standard InChI is InChI=1S/C48H48N2/c1-7-33(3)39-31-20-32-40(34(4)8-2)46(39)50(38-25-13-10-14-26-38)48-43-29-17-15-27-41(43)47(42-28-16-18-30-44(42)48)49(37-23-11-9-12-24-37)45-35(5)21-19-22-36(45)6/h9-34H,7-8H2,1-6H3. The first kappa shape index (κ1) is 33.2. The average molecular weight is 653 g/mol. The maximum Gasteiger partial charge on any atom is 0.0620 e. The first-order valence-electron chi connectivity index (χ1n) is 18.3. The minimum atomic E-state index is 0.398. The molecular weight excluding hydrogens is 605 g/mol. The molecule has 2 unspecified atom stereocenters. The number of nitrogens with zero attached hydrogens (tertiary/aromatic N) is 2. The van der Waals surface area contributed by atoms with Crippen molar-refractivity contribution in [1.82, 2.24) is 0 Å². The molecule has 0 saturated heterocycles. The van der Waals surface area contributed by atoms with Gasteiger partial charge in [-0.25, -0.2) is 0 Å². The van der Waals surface area contributed by atoms with Gasteiger partial charge in [-0.15, -0.1) is 0 Å². The lowest BCUT2D eigenvalue weighted by Crippen LogP contribution is -2.18. The van der Waals surface area contributed by atoms with Crippen molar-refractivity contribution in [3.05, 3.63) is 168 Å². The monoisotopic (exact) mass is 652 g/mol. The third-order valence-corrected chi connectivity index (χ3v) is 10.6. The van der Waals surface area contributed by atoms with Crippen molar-refractivity contribution < 1.29 is 0 Å². The van der Waals surface area contributed by atoms with E-state index in [1.165, 1.54) is 72.2 Å². The fourth-order valence-corrected chi connectivity index (χ4v) is 7.69. The molecule has 0 fully saturated rings. The Hall–Kier alpha value is -5.34. The van der Waals surface area contributed by atoms with E-state index in [4.69, 9.17) is 0 Å². The molecule has 0 heterocycles. The highest BCUT2D eigenvalue weighted by molar-refractivity contribution is 6.23. The highest BCUT2D eigenvalue weighted by Gasteiger charge is 2.29. The summed E-state index contributed by atoms with van der Waals surface area (Å²) in [5.74, 6) is 0.796. The molecule has 0 bridgehead atoms. The maximum atomic E-state index is 2.60. The second-order valence-electron chi connectivity index (χ2n) is 13.8. The molecule has 0 aliphatic heterocycles. The molecule has 2 heteroatoms. The smallest absolute Gasteiger partial charge is 0.0620 e. The molecule has 2 nitrogen and oxygen atoms in total. The van der Waals surface area contributed by atoms with E-state index in [9.17, 15) is 0 Å². The van der Waals surface area contributed by atoms with Crippen molar-refractivity contribution in [2.75, 3.05) is 9.80 Å². The molecule has 0 radical (unpaired) electrons.